The molecule has 0 fully saturated rings. The van der Waals surface area contributed by atoms with Crippen molar-refractivity contribution in [1.29, 1.82) is 0 Å². The second-order valence-electron chi connectivity index (χ2n) is 5.68. The van der Waals surface area contributed by atoms with E-state index in [-0.39, 0.29) is 13.2 Å². The number of methoxy groups -OCH3 is 2. The standard InChI is InChI=1S/C20H20BrN3O4S/c1-26-16-11-14(12-17(19(16)27-2)28-9-8-25)23-20-22-7-6-18(24-20)29-15-5-3-4-13(21)10-15/h3-7,10-12,25H,8-9H2,1-2H3,(H,22,23,24). The first-order chi connectivity index (χ1) is 14.1. The molecule has 0 saturated carbocycles. The molecular formula is C20H20BrN3O4S. The van der Waals surface area contributed by atoms with Gasteiger partial charge >= 0.3 is 0 Å². The van der Waals surface area contributed by atoms with E-state index in [1.165, 1.54) is 18.9 Å². The van der Waals surface area contributed by atoms with Crippen molar-refractivity contribution in [2.24, 2.45) is 0 Å². The van der Waals surface area contributed by atoms with Crippen LogP contribution >= 0.6 is 27.7 Å². The Morgan fingerprint density at radius 1 is 1.10 bits per heavy atom. The highest BCUT2D eigenvalue weighted by atomic mass is 79.9. The molecule has 29 heavy (non-hydrogen) atoms. The molecule has 0 radical (unpaired) electrons. The van der Waals surface area contributed by atoms with Crippen molar-refractivity contribution in [2.75, 3.05) is 32.8 Å². The number of aliphatic hydroxyl groups is 1. The van der Waals surface area contributed by atoms with E-state index in [4.69, 9.17) is 19.3 Å². The molecule has 1 aromatic heterocycles. The number of nitrogens with zero attached hydrogens (tertiary/aromatic N) is 2. The summed E-state index contributed by atoms with van der Waals surface area (Å²) >= 11 is 5.01. The molecule has 0 bridgehead atoms. The fourth-order valence-corrected chi connectivity index (χ4v) is 3.89. The van der Waals surface area contributed by atoms with Crippen molar-refractivity contribution in [2.45, 2.75) is 9.92 Å². The lowest BCUT2D eigenvalue weighted by Gasteiger charge is -2.16. The number of ether oxygens (including phenoxy) is 3. The molecule has 3 rings (SSSR count). The number of aliphatic hydroxyl groups excluding tert-OH is 1. The molecule has 7 nitrogen and oxygen atoms in total. The molecule has 1 heterocycles. The second-order valence-corrected chi connectivity index (χ2v) is 7.69. The maximum Gasteiger partial charge on any atom is 0.228 e. The van der Waals surface area contributed by atoms with Crippen LogP contribution in [0, 0.1) is 0 Å². The Labute approximate surface area is 181 Å². The number of rotatable bonds is 9. The molecule has 0 unspecified atom stereocenters. The highest BCUT2D eigenvalue weighted by molar-refractivity contribution is 9.10. The Morgan fingerprint density at radius 2 is 1.93 bits per heavy atom. The third-order valence-corrected chi connectivity index (χ3v) is 5.12. The van der Waals surface area contributed by atoms with Crippen molar-refractivity contribution >= 4 is 39.3 Å². The predicted molar refractivity (Wildman–Crippen MR) is 116 cm³/mol. The van der Waals surface area contributed by atoms with Crippen molar-refractivity contribution in [3.63, 3.8) is 0 Å². The van der Waals surface area contributed by atoms with E-state index >= 15 is 0 Å². The number of anilines is 2. The molecule has 0 saturated heterocycles. The van der Waals surface area contributed by atoms with E-state index in [1.54, 1.807) is 25.4 Å². The lowest BCUT2D eigenvalue weighted by molar-refractivity contribution is 0.195. The monoisotopic (exact) mass is 477 g/mol. The molecule has 2 aromatic carbocycles. The normalized spacial score (nSPS) is 10.5. The third kappa shape index (κ3) is 5.75. The van der Waals surface area contributed by atoms with E-state index < -0.39 is 0 Å². The Bertz CT molecular complexity index is 974. The molecular weight excluding hydrogens is 458 g/mol. The maximum absolute atomic E-state index is 9.05. The Kier molecular flexibility index (Phi) is 7.56. The minimum Gasteiger partial charge on any atom is -0.493 e. The first kappa shape index (κ1) is 21.2. The molecule has 0 atom stereocenters. The van der Waals surface area contributed by atoms with Gasteiger partial charge in [0.05, 0.1) is 20.8 Å². The van der Waals surface area contributed by atoms with Crippen LogP contribution in [-0.2, 0) is 0 Å². The van der Waals surface area contributed by atoms with E-state index in [0.29, 0.717) is 28.9 Å². The molecule has 0 aliphatic heterocycles. The van der Waals surface area contributed by atoms with Gasteiger partial charge in [-0.05, 0) is 24.3 Å². The minimum atomic E-state index is -0.110. The number of aromatic nitrogens is 2. The van der Waals surface area contributed by atoms with Crippen LogP contribution in [0.5, 0.6) is 17.2 Å². The van der Waals surface area contributed by atoms with Crippen LogP contribution < -0.4 is 19.5 Å². The van der Waals surface area contributed by atoms with Gasteiger partial charge in [0, 0.05) is 33.4 Å². The molecule has 9 heteroatoms. The maximum atomic E-state index is 9.05. The van der Waals surface area contributed by atoms with Gasteiger partial charge in [-0.2, -0.15) is 0 Å². The Hall–Kier alpha value is -2.49. The van der Waals surface area contributed by atoms with Crippen LogP contribution in [0.15, 0.2) is 63.1 Å². The summed E-state index contributed by atoms with van der Waals surface area (Å²) in [5.41, 5.74) is 0.667. The van der Waals surface area contributed by atoms with Crippen molar-refractivity contribution in [3.8, 4) is 17.2 Å². The highest BCUT2D eigenvalue weighted by Crippen LogP contribution is 2.40. The number of nitrogens with one attached hydrogen (secondary N) is 1. The molecule has 2 N–H and O–H groups in total. The van der Waals surface area contributed by atoms with Crippen molar-refractivity contribution in [1.82, 2.24) is 9.97 Å². The summed E-state index contributed by atoms with van der Waals surface area (Å²) in [6, 6.07) is 13.4. The van der Waals surface area contributed by atoms with Gasteiger partial charge in [-0.1, -0.05) is 33.8 Å². The average Bonchev–Trinajstić information content (AvgIpc) is 2.72. The number of benzene rings is 2. The Balaban J connectivity index is 1.83. The molecule has 0 spiro atoms. The summed E-state index contributed by atoms with van der Waals surface area (Å²) in [4.78, 5) is 9.91. The summed E-state index contributed by atoms with van der Waals surface area (Å²) in [6.45, 7) is 0.0271. The topological polar surface area (TPSA) is 85.7 Å². The van der Waals surface area contributed by atoms with Gasteiger partial charge in [-0.25, -0.2) is 9.97 Å². The van der Waals surface area contributed by atoms with Crippen LogP contribution in [0.3, 0.4) is 0 Å². The van der Waals surface area contributed by atoms with Crippen LogP contribution in [0.25, 0.3) is 0 Å². The van der Waals surface area contributed by atoms with E-state index in [2.05, 4.69) is 31.2 Å². The van der Waals surface area contributed by atoms with E-state index in [1.807, 2.05) is 30.3 Å². The van der Waals surface area contributed by atoms with Gasteiger partial charge in [0.2, 0.25) is 11.7 Å². The fourth-order valence-electron chi connectivity index (χ4n) is 2.50. The molecule has 0 aliphatic carbocycles. The largest absolute Gasteiger partial charge is 0.493 e. The van der Waals surface area contributed by atoms with Crippen LogP contribution in [0.4, 0.5) is 11.6 Å². The van der Waals surface area contributed by atoms with Gasteiger partial charge < -0.3 is 24.6 Å². The SMILES string of the molecule is COc1cc(Nc2nccc(Sc3cccc(Br)c3)n2)cc(OCCO)c1OC. The summed E-state index contributed by atoms with van der Waals surface area (Å²) in [5, 5.41) is 13.0. The van der Waals surface area contributed by atoms with Crippen molar-refractivity contribution < 1.29 is 19.3 Å². The summed E-state index contributed by atoms with van der Waals surface area (Å²) < 4.78 is 17.3. The summed E-state index contributed by atoms with van der Waals surface area (Å²) in [6.07, 6.45) is 1.69. The zero-order chi connectivity index (χ0) is 20.6. The first-order valence-corrected chi connectivity index (χ1v) is 10.3. The van der Waals surface area contributed by atoms with Gasteiger partial charge in [0.1, 0.15) is 11.6 Å². The molecule has 3 aromatic rings. The quantitative estimate of drug-likeness (QED) is 0.435. The Morgan fingerprint density at radius 3 is 2.66 bits per heavy atom. The number of hydrogen-bond acceptors (Lipinski definition) is 8. The van der Waals surface area contributed by atoms with Crippen LogP contribution in [0.1, 0.15) is 0 Å². The summed E-state index contributed by atoms with van der Waals surface area (Å²) in [7, 11) is 3.08. The highest BCUT2D eigenvalue weighted by Gasteiger charge is 2.15. The van der Waals surface area contributed by atoms with Gasteiger partial charge in [-0.15, -0.1) is 0 Å². The zero-order valence-corrected chi connectivity index (χ0v) is 18.3. The van der Waals surface area contributed by atoms with Gasteiger partial charge in [-0.3, -0.25) is 0 Å². The zero-order valence-electron chi connectivity index (χ0n) is 15.9. The smallest absolute Gasteiger partial charge is 0.228 e. The lowest BCUT2D eigenvalue weighted by atomic mass is 10.2. The molecule has 0 aliphatic rings. The van der Waals surface area contributed by atoms with E-state index in [0.717, 1.165) is 14.4 Å². The van der Waals surface area contributed by atoms with Gasteiger partial charge in [0.25, 0.3) is 0 Å². The minimum absolute atomic E-state index is 0.110. The number of halogens is 1. The van der Waals surface area contributed by atoms with Crippen molar-refractivity contribution in [3.05, 3.63) is 53.1 Å². The molecule has 152 valence electrons. The fraction of sp³-hybridized carbons (Fsp3) is 0.200. The van der Waals surface area contributed by atoms with Crippen LogP contribution in [0.2, 0.25) is 0 Å². The average molecular weight is 478 g/mol. The van der Waals surface area contributed by atoms with Gasteiger partial charge in [0.15, 0.2) is 11.5 Å². The first-order valence-electron chi connectivity index (χ1n) is 8.66. The third-order valence-electron chi connectivity index (χ3n) is 3.70. The lowest BCUT2D eigenvalue weighted by Crippen LogP contribution is -2.05. The number of hydrogen-bond donors (Lipinski definition) is 2. The molecule has 0 amide bonds. The van der Waals surface area contributed by atoms with Crippen LogP contribution in [-0.4, -0.2) is 42.5 Å². The second kappa shape index (κ2) is 10.3. The summed E-state index contributed by atoms with van der Waals surface area (Å²) in [5.74, 6) is 1.82. The van der Waals surface area contributed by atoms with E-state index in [9.17, 15) is 0 Å². The predicted octanol–water partition coefficient (Wildman–Crippen LogP) is 4.52.